The van der Waals surface area contributed by atoms with E-state index in [1.807, 2.05) is 0 Å². The van der Waals surface area contributed by atoms with Crippen LogP contribution in [0, 0.1) is 12.0 Å². The van der Waals surface area contributed by atoms with Crippen molar-refractivity contribution in [1.82, 2.24) is 0 Å². The van der Waals surface area contributed by atoms with Crippen LogP contribution in [-0.4, -0.2) is 19.5 Å². The summed E-state index contributed by atoms with van der Waals surface area (Å²) in [4.78, 5) is 9.89. The molecule has 1 N–H and O–H groups in total. The third kappa shape index (κ3) is 3.32. The normalized spacial score (nSPS) is 9.87. The van der Waals surface area contributed by atoms with Gasteiger partial charge in [0.1, 0.15) is 11.0 Å². The first-order valence-electron chi connectivity index (χ1n) is 3.75. The molecule has 0 saturated heterocycles. The van der Waals surface area contributed by atoms with Gasteiger partial charge in [0.25, 0.3) is 0 Å². The van der Waals surface area contributed by atoms with E-state index in [0.29, 0.717) is 0 Å². The van der Waals surface area contributed by atoms with Crippen molar-refractivity contribution in [2.45, 2.75) is 4.90 Å². The Hall–Kier alpha value is -2.00. The molecule has 0 aliphatic rings. The van der Waals surface area contributed by atoms with Gasteiger partial charge in [-0.15, -0.1) is 0 Å². The number of benzene rings is 1. The predicted octanol–water partition coefficient (Wildman–Crippen LogP) is 0.437. The molecule has 6 heteroatoms. The number of hydrogen-bond donors (Lipinski definition) is 1. The Morgan fingerprint density at radius 2 is 1.87 bits per heavy atom. The summed E-state index contributed by atoms with van der Waals surface area (Å²) < 4.78 is 26.7. The molecule has 1 aromatic rings. The number of aliphatic carboxylic acids is 1. The lowest BCUT2D eigenvalue weighted by Crippen LogP contribution is -2.02. The minimum Gasteiger partial charge on any atom is -0.472 e. The average Bonchev–Trinajstić information content (AvgIpc) is 2.18. The number of carbonyl (C=O) groups is 1. The highest BCUT2D eigenvalue weighted by Gasteiger charge is 2.13. The highest BCUT2D eigenvalue weighted by molar-refractivity contribution is 7.86. The van der Waals surface area contributed by atoms with E-state index in [4.69, 9.17) is 5.11 Å². The second-order valence-electron chi connectivity index (χ2n) is 2.38. The monoisotopic (exact) mass is 226 g/mol. The lowest BCUT2D eigenvalue weighted by Gasteiger charge is -1.98. The van der Waals surface area contributed by atoms with Gasteiger partial charge >= 0.3 is 16.1 Å². The fraction of sp³-hybridized carbons (Fsp3) is 0. The van der Waals surface area contributed by atoms with Crippen LogP contribution in [0.25, 0.3) is 0 Å². The SMILES string of the molecule is O=C(O)C#COS(=O)(=O)c1ccccc1. The molecule has 0 bridgehead atoms. The van der Waals surface area contributed by atoms with E-state index in [0.717, 1.165) is 0 Å². The van der Waals surface area contributed by atoms with Gasteiger partial charge in [-0.25, -0.2) is 4.79 Å². The Labute approximate surface area is 86.4 Å². The molecule has 1 rings (SSSR count). The molecule has 5 nitrogen and oxygen atoms in total. The number of carboxylic acids is 1. The molecular formula is C9H6O5S. The van der Waals surface area contributed by atoms with Crippen LogP contribution in [-0.2, 0) is 19.1 Å². The van der Waals surface area contributed by atoms with Crippen molar-refractivity contribution < 1.29 is 22.5 Å². The number of rotatable bonds is 2. The van der Waals surface area contributed by atoms with E-state index in [9.17, 15) is 13.2 Å². The average molecular weight is 226 g/mol. The third-order valence-electron chi connectivity index (χ3n) is 1.34. The van der Waals surface area contributed by atoms with Crippen molar-refractivity contribution in [3.63, 3.8) is 0 Å². The molecule has 78 valence electrons. The van der Waals surface area contributed by atoms with Crippen LogP contribution in [0.5, 0.6) is 0 Å². The minimum atomic E-state index is -3.99. The predicted molar refractivity (Wildman–Crippen MR) is 50.1 cm³/mol. The van der Waals surface area contributed by atoms with Gasteiger partial charge in [-0.05, 0) is 12.1 Å². The topological polar surface area (TPSA) is 80.7 Å². The maximum atomic E-state index is 11.3. The van der Waals surface area contributed by atoms with Crippen LogP contribution < -0.4 is 0 Å². The van der Waals surface area contributed by atoms with E-state index in [-0.39, 0.29) is 4.90 Å². The first-order valence-corrected chi connectivity index (χ1v) is 5.15. The van der Waals surface area contributed by atoms with Crippen molar-refractivity contribution in [2.24, 2.45) is 0 Å². The summed E-state index contributed by atoms with van der Waals surface area (Å²) in [5.41, 5.74) is 0. The molecule has 1 aromatic carbocycles. The van der Waals surface area contributed by atoms with Crippen LogP contribution in [0.15, 0.2) is 35.2 Å². The van der Waals surface area contributed by atoms with E-state index in [2.05, 4.69) is 4.18 Å². The summed E-state index contributed by atoms with van der Waals surface area (Å²) in [6.45, 7) is 0. The molecule has 0 amide bonds. The van der Waals surface area contributed by atoms with Gasteiger partial charge in [-0.1, -0.05) is 18.2 Å². The van der Waals surface area contributed by atoms with Crippen molar-refractivity contribution in [2.75, 3.05) is 0 Å². The fourth-order valence-electron chi connectivity index (χ4n) is 0.755. The standard InChI is InChI=1S/C9H6O5S/c10-9(11)6-7-14-15(12,13)8-4-2-1-3-5-8/h1-5H,(H,10,11). The van der Waals surface area contributed by atoms with E-state index >= 15 is 0 Å². The lowest BCUT2D eigenvalue weighted by atomic mass is 10.4. The first-order chi connectivity index (χ1) is 7.02. The van der Waals surface area contributed by atoms with Crippen molar-refractivity contribution in [3.8, 4) is 12.0 Å². The smallest absolute Gasteiger partial charge is 0.385 e. The largest absolute Gasteiger partial charge is 0.472 e. The van der Waals surface area contributed by atoms with Gasteiger partial charge in [0.2, 0.25) is 0 Å². The van der Waals surface area contributed by atoms with Crippen molar-refractivity contribution in [1.29, 1.82) is 0 Å². The van der Waals surface area contributed by atoms with Gasteiger partial charge in [-0.3, -0.25) is 0 Å². The summed E-state index contributed by atoms with van der Waals surface area (Å²) in [5.74, 6) is 0.0767. The molecule has 0 saturated carbocycles. The van der Waals surface area contributed by atoms with Gasteiger partial charge in [0, 0.05) is 0 Å². The fourth-order valence-corrected chi connectivity index (χ4v) is 1.49. The number of carboxylic acid groups (broad SMARTS) is 1. The second-order valence-corrected chi connectivity index (χ2v) is 3.93. The minimum absolute atomic E-state index is 0.0790. The molecule has 0 spiro atoms. The molecule has 0 radical (unpaired) electrons. The Balaban J connectivity index is 2.88. The first kappa shape index (κ1) is 11.1. The molecule has 0 heterocycles. The van der Waals surface area contributed by atoms with Gasteiger partial charge in [0.05, 0.1) is 5.92 Å². The van der Waals surface area contributed by atoms with E-state index in [1.165, 1.54) is 30.2 Å². The molecule has 0 atom stereocenters. The van der Waals surface area contributed by atoms with E-state index in [1.54, 1.807) is 12.2 Å². The zero-order chi connectivity index (χ0) is 11.3. The number of hydrogen-bond acceptors (Lipinski definition) is 4. The zero-order valence-corrected chi connectivity index (χ0v) is 8.19. The molecule has 0 aliphatic heterocycles. The molecule has 0 aliphatic carbocycles. The van der Waals surface area contributed by atoms with Crippen LogP contribution in [0.3, 0.4) is 0 Å². The Bertz CT molecular complexity index is 506. The Morgan fingerprint density at radius 1 is 1.27 bits per heavy atom. The van der Waals surface area contributed by atoms with Gasteiger partial charge in [-0.2, -0.15) is 8.42 Å². The van der Waals surface area contributed by atoms with Crippen LogP contribution in [0.1, 0.15) is 0 Å². The lowest BCUT2D eigenvalue weighted by molar-refractivity contribution is -0.130. The van der Waals surface area contributed by atoms with Crippen molar-refractivity contribution >= 4 is 16.1 Å². The van der Waals surface area contributed by atoms with Crippen LogP contribution in [0.4, 0.5) is 0 Å². The molecule has 15 heavy (non-hydrogen) atoms. The van der Waals surface area contributed by atoms with Gasteiger partial charge < -0.3 is 9.29 Å². The van der Waals surface area contributed by atoms with Crippen molar-refractivity contribution in [3.05, 3.63) is 30.3 Å². The molecule has 0 fully saturated rings. The highest BCUT2D eigenvalue weighted by atomic mass is 32.2. The molecule has 0 unspecified atom stereocenters. The summed E-state index contributed by atoms with van der Waals surface area (Å²) >= 11 is 0. The van der Waals surface area contributed by atoms with E-state index < -0.39 is 16.1 Å². The Morgan fingerprint density at radius 3 is 2.40 bits per heavy atom. The summed E-state index contributed by atoms with van der Waals surface area (Å²) in [5, 5.41) is 8.13. The van der Waals surface area contributed by atoms with Crippen LogP contribution >= 0.6 is 0 Å². The zero-order valence-electron chi connectivity index (χ0n) is 7.38. The van der Waals surface area contributed by atoms with Crippen LogP contribution in [0.2, 0.25) is 0 Å². The third-order valence-corrected chi connectivity index (χ3v) is 2.49. The summed E-state index contributed by atoms with van der Waals surface area (Å²) in [6.07, 6.45) is 1.59. The summed E-state index contributed by atoms with van der Waals surface area (Å²) in [7, 11) is -3.99. The molecule has 0 aromatic heterocycles. The second kappa shape index (κ2) is 4.48. The Kier molecular flexibility index (Phi) is 3.31. The molecular weight excluding hydrogens is 220 g/mol. The maximum Gasteiger partial charge on any atom is 0.385 e. The highest BCUT2D eigenvalue weighted by Crippen LogP contribution is 2.10. The van der Waals surface area contributed by atoms with Gasteiger partial charge in [0.15, 0.2) is 0 Å². The summed E-state index contributed by atoms with van der Waals surface area (Å²) in [6, 6.07) is 7.30. The maximum absolute atomic E-state index is 11.3. The quantitative estimate of drug-likeness (QED) is 0.584.